The smallest absolute Gasteiger partial charge is 0.231 e. The summed E-state index contributed by atoms with van der Waals surface area (Å²) in [5, 5.41) is 6.77. The molecule has 0 radical (unpaired) electrons. The molecular formula is C16H27N5OS. The van der Waals surface area contributed by atoms with Gasteiger partial charge < -0.3 is 20.3 Å². The Balaban J connectivity index is 1.95. The largest absolute Gasteiger partial charge is 0.385 e. The van der Waals surface area contributed by atoms with Crippen molar-refractivity contribution in [1.29, 1.82) is 0 Å². The van der Waals surface area contributed by atoms with Gasteiger partial charge in [-0.3, -0.25) is 0 Å². The summed E-state index contributed by atoms with van der Waals surface area (Å²) in [7, 11) is 1.69. The lowest BCUT2D eigenvalue weighted by atomic mass is 10.0. The van der Waals surface area contributed by atoms with Crippen molar-refractivity contribution in [2.45, 2.75) is 33.1 Å². The monoisotopic (exact) mass is 337 g/mol. The van der Waals surface area contributed by atoms with Crippen molar-refractivity contribution in [3.8, 4) is 0 Å². The molecule has 1 fully saturated rings. The molecule has 1 aromatic rings. The first-order chi connectivity index (χ1) is 11.1. The van der Waals surface area contributed by atoms with Crippen LogP contribution in [0.3, 0.4) is 0 Å². The second-order valence-corrected chi connectivity index (χ2v) is 6.52. The van der Waals surface area contributed by atoms with Crippen molar-refractivity contribution in [3.63, 3.8) is 0 Å². The zero-order valence-electron chi connectivity index (χ0n) is 14.3. The molecule has 1 aliphatic heterocycles. The van der Waals surface area contributed by atoms with Crippen LogP contribution in [0.15, 0.2) is 6.07 Å². The Morgan fingerprint density at radius 2 is 2.30 bits per heavy atom. The van der Waals surface area contributed by atoms with Gasteiger partial charge in [-0.2, -0.15) is 4.98 Å². The fourth-order valence-electron chi connectivity index (χ4n) is 2.73. The molecule has 7 heteroatoms. The number of methoxy groups -OCH3 is 1. The quantitative estimate of drug-likeness (QED) is 0.610. The molecule has 0 unspecified atom stereocenters. The number of thiocarbonyl (C=S) groups is 1. The maximum absolute atomic E-state index is 5.29. The van der Waals surface area contributed by atoms with Crippen molar-refractivity contribution >= 4 is 29.1 Å². The van der Waals surface area contributed by atoms with Crippen LogP contribution in [0.2, 0.25) is 0 Å². The first-order valence-electron chi connectivity index (χ1n) is 8.23. The van der Waals surface area contributed by atoms with Gasteiger partial charge in [0.2, 0.25) is 5.95 Å². The van der Waals surface area contributed by atoms with Crippen LogP contribution in [0, 0.1) is 12.8 Å². The number of nitrogens with one attached hydrogen (secondary N) is 2. The van der Waals surface area contributed by atoms with Crippen molar-refractivity contribution < 1.29 is 4.74 Å². The maximum Gasteiger partial charge on any atom is 0.231 e. The molecule has 1 atom stereocenters. The van der Waals surface area contributed by atoms with Gasteiger partial charge in [-0.15, -0.1) is 0 Å². The predicted molar refractivity (Wildman–Crippen MR) is 98.1 cm³/mol. The zero-order chi connectivity index (χ0) is 16.7. The molecular weight excluding hydrogens is 310 g/mol. The molecule has 2 rings (SSSR count). The number of nitrogens with zero attached hydrogens (tertiary/aromatic N) is 3. The first-order valence-corrected chi connectivity index (χ1v) is 8.63. The summed E-state index contributed by atoms with van der Waals surface area (Å²) >= 11 is 5.29. The van der Waals surface area contributed by atoms with E-state index in [1.165, 1.54) is 12.8 Å². The van der Waals surface area contributed by atoms with Gasteiger partial charge >= 0.3 is 0 Å². The van der Waals surface area contributed by atoms with E-state index in [9.17, 15) is 0 Å². The summed E-state index contributed by atoms with van der Waals surface area (Å²) in [5.41, 5.74) is 0.943. The fourth-order valence-corrected chi connectivity index (χ4v) is 2.92. The second-order valence-electron chi connectivity index (χ2n) is 6.11. The Morgan fingerprint density at radius 3 is 3.04 bits per heavy atom. The number of anilines is 2. The van der Waals surface area contributed by atoms with Crippen LogP contribution in [0.25, 0.3) is 0 Å². The van der Waals surface area contributed by atoms with Crippen molar-refractivity contribution in [3.05, 3.63) is 11.8 Å². The summed E-state index contributed by atoms with van der Waals surface area (Å²) in [6.45, 7) is 7.86. The summed E-state index contributed by atoms with van der Waals surface area (Å²) < 4.78 is 5.02. The molecule has 1 aliphatic rings. The highest BCUT2D eigenvalue weighted by molar-refractivity contribution is 7.80. The SMILES string of the molecule is COCCCNC(=S)Nc1nc(C)cc(N2CCC[C@@H](C)C2)n1. The summed E-state index contributed by atoms with van der Waals surface area (Å²) in [6.07, 6.45) is 3.41. The van der Waals surface area contributed by atoms with Crippen LogP contribution in [-0.2, 0) is 4.74 Å². The minimum absolute atomic E-state index is 0.546. The highest BCUT2D eigenvalue weighted by Crippen LogP contribution is 2.22. The Bertz CT molecular complexity index is 525. The van der Waals surface area contributed by atoms with E-state index < -0.39 is 0 Å². The molecule has 0 aromatic carbocycles. The molecule has 0 amide bonds. The Kier molecular flexibility index (Phi) is 6.98. The number of hydrogen-bond donors (Lipinski definition) is 2. The van der Waals surface area contributed by atoms with Gasteiger partial charge in [0, 0.05) is 45.1 Å². The van der Waals surface area contributed by atoms with E-state index in [-0.39, 0.29) is 0 Å². The van der Waals surface area contributed by atoms with Crippen molar-refractivity contribution in [2.75, 3.05) is 43.6 Å². The van der Waals surface area contributed by atoms with E-state index in [2.05, 4.69) is 32.4 Å². The van der Waals surface area contributed by atoms with Crippen LogP contribution in [-0.4, -0.2) is 48.4 Å². The summed E-state index contributed by atoms with van der Waals surface area (Å²) in [6, 6.07) is 2.04. The molecule has 128 valence electrons. The third kappa shape index (κ3) is 5.91. The van der Waals surface area contributed by atoms with Gasteiger partial charge in [0.25, 0.3) is 0 Å². The average Bonchev–Trinajstić information content (AvgIpc) is 2.51. The average molecular weight is 337 g/mol. The highest BCUT2D eigenvalue weighted by atomic mass is 32.1. The van der Waals surface area contributed by atoms with Crippen LogP contribution < -0.4 is 15.5 Å². The van der Waals surface area contributed by atoms with Crippen molar-refractivity contribution in [2.24, 2.45) is 5.92 Å². The molecule has 2 heterocycles. The Labute approximate surface area is 144 Å². The van der Waals surface area contributed by atoms with Crippen molar-refractivity contribution in [1.82, 2.24) is 15.3 Å². The van der Waals surface area contributed by atoms with E-state index in [0.29, 0.717) is 23.6 Å². The molecule has 1 saturated heterocycles. The van der Waals surface area contributed by atoms with Gasteiger partial charge in [0.1, 0.15) is 5.82 Å². The second kappa shape index (κ2) is 8.98. The third-order valence-corrected chi connectivity index (χ3v) is 4.10. The number of hydrogen-bond acceptors (Lipinski definition) is 5. The van der Waals surface area contributed by atoms with Crippen LogP contribution in [0.4, 0.5) is 11.8 Å². The minimum atomic E-state index is 0.546. The predicted octanol–water partition coefficient (Wildman–Crippen LogP) is 2.34. The number of aromatic nitrogens is 2. The Morgan fingerprint density at radius 1 is 1.48 bits per heavy atom. The lowest BCUT2D eigenvalue weighted by Gasteiger charge is -2.32. The Hall–Kier alpha value is -1.47. The van der Waals surface area contributed by atoms with Gasteiger partial charge in [-0.1, -0.05) is 6.92 Å². The zero-order valence-corrected chi connectivity index (χ0v) is 15.1. The van der Waals surface area contributed by atoms with Gasteiger partial charge in [0.15, 0.2) is 5.11 Å². The minimum Gasteiger partial charge on any atom is -0.385 e. The fraction of sp³-hybridized carbons (Fsp3) is 0.688. The van der Waals surface area contributed by atoms with Crippen LogP contribution in [0.1, 0.15) is 31.9 Å². The topological polar surface area (TPSA) is 62.3 Å². The lowest BCUT2D eigenvalue weighted by Crippen LogP contribution is -2.35. The molecule has 23 heavy (non-hydrogen) atoms. The van der Waals surface area contributed by atoms with Crippen LogP contribution in [0.5, 0.6) is 0 Å². The molecule has 6 nitrogen and oxygen atoms in total. The normalized spacial score (nSPS) is 17.9. The molecule has 0 saturated carbocycles. The molecule has 0 aliphatic carbocycles. The van der Waals surface area contributed by atoms with Gasteiger partial charge in [0.05, 0.1) is 0 Å². The van der Waals surface area contributed by atoms with E-state index in [1.807, 2.05) is 13.0 Å². The highest BCUT2D eigenvalue weighted by Gasteiger charge is 2.18. The van der Waals surface area contributed by atoms with Crippen LogP contribution >= 0.6 is 12.2 Å². The standard InChI is InChI=1S/C16H27N5OS/c1-12-6-4-8-21(11-12)14-10-13(2)18-15(19-14)20-16(23)17-7-5-9-22-3/h10,12H,4-9,11H2,1-3H3,(H2,17,18,19,20,23)/t12-/m1/s1. The molecule has 0 bridgehead atoms. The van der Waals surface area contributed by atoms with E-state index >= 15 is 0 Å². The maximum atomic E-state index is 5.29. The van der Waals surface area contributed by atoms with E-state index in [1.54, 1.807) is 7.11 Å². The molecule has 2 N–H and O–H groups in total. The number of piperidine rings is 1. The van der Waals surface area contributed by atoms with E-state index in [0.717, 1.165) is 37.6 Å². The molecule has 0 spiro atoms. The number of rotatable bonds is 6. The summed E-state index contributed by atoms with van der Waals surface area (Å²) in [5.74, 6) is 2.25. The van der Waals surface area contributed by atoms with E-state index in [4.69, 9.17) is 17.0 Å². The van der Waals surface area contributed by atoms with Gasteiger partial charge in [-0.05, 0) is 44.3 Å². The molecule has 1 aromatic heterocycles. The number of ether oxygens (including phenoxy) is 1. The third-order valence-electron chi connectivity index (χ3n) is 3.86. The number of aryl methyl sites for hydroxylation is 1. The lowest BCUT2D eigenvalue weighted by molar-refractivity contribution is 0.196. The first kappa shape index (κ1) is 17.9. The summed E-state index contributed by atoms with van der Waals surface area (Å²) in [4.78, 5) is 11.4. The van der Waals surface area contributed by atoms with Gasteiger partial charge in [-0.25, -0.2) is 4.98 Å².